The summed E-state index contributed by atoms with van der Waals surface area (Å²) < 4.78 is 5.65. The smallest absolute Gasteiger partial charge is 0.127 e. The van der Waals surface area contributed by atoms with E-state index >= 15 is 0 Å². The van der Waals surface area contributed by atoms with Crippen LogP contribution in [-0.4, -0.2) is 38.3 Å². The summed E-state index contributed by atoms with van der Waals surface area (Å²) in [5.41, 5.74) is 1.18. The fourth-order valence-electron chi connectivity index (χ4n) is 1.80. The monoisotopic (exact) mass is 249 g/mol. The number of likely N-dealkylation sites (N-methyl/N-ethyl adjacent to an activating group) is 1. The molecular weight excluding hydrogens is 226 g/mol. The van der Waals surface area contributed by atoms with Crippen LogP contribution in [0, 0.1) is 5.92 Å². The lowest BCUT2D eigenvalue weighted by Gasteiger charge is -2.19. The molecule has 1 heterocycles. The molecule has 4 heteroatoms. The van der Waals surface area contributed by atoms with Gasteiger partial charge in [-0.1, -0.05) is 0 Å². The lowest BCUT2D eigenvalue weighted by atomic mass is 10.3. The van der Waals surface area contributed by atoms with Crippen molar-refractivity contribution in [2.45, 2.75) is 19.8 Å². The van der Waals surface area contributed by atoms with E-state index in [2.05, 4.69) is 35.2 Å². The first kappa shape index (κ1) is 13.1. The van der Waals surface area contributed by atoms with Crippen LogP contribution in [0.3, 0.4) is 0 Å². The van der Waals surface area contributed by atoms with Gasteiger partial charge in [0.2, 0.25) is 0 Å². The van der Waals surface area contributed by atoms with Crippen LogP contribution in [-0.2, 0) is 4.74 Å². The molecule has 0 radical (unpaired) electrons. The van der Waals surface area contributed by atoms with Crippen molar-refractivity contribution < 1.29 is 4.74 Å². The SMILES string of the molecule is CCNc1cc(N(C)CCOCC2CC2)ccn1. The summed E-state index contributed by atoms with van der Waals surface area (Å²) in [6.45, 7) is 5.62. The molecule has 100 valence electrons. The van der Waals surface area contributed by atoms with Gasteiger partial charge in [-0.05, 0) is 31.7 Å². The first-order chi connectivity index (χ1) is 8.79. The van der Waals surface area contributed by atoms with Crippen molar-refractivity contribution in [3.63, 3.8) is 0 Å². The predicted octanol–water partition coefficient (Wildman–Crippen LogP) is 2.38. The van der Waals surface area contributed by atoms with E-state index in [0.29, 0.717) is 0 Å². The van der Waals surface area contributed by atoms with Crippen molar-refractivity contribution in [3.8, 4) is 0 Å². The normalized spacial score (nSPS) is 14.6. The van der Waals surface area contributed by atoms with Crippen molar-refractivity contribution in [2.75, 3.05) is 43.6 Å². The molecule has 0 amide bonds. The van der Waals surface area contributed by atoms with E-state index < -0.39 is 0 Å². The van der Waals surface area contributed by atoms with Gasteiger partial charge < -0.3 is 15.0 Å². The Balaban J connectivity index is 1.75. The molecule has 1 saturated carbocycles. The molecule has 2 rings (SSSR count). The average molecular weight is 249 g/mol. The van der Waals surface area contributed by atoms with Gasteiger partial charge in [-0.15, -0.1) is 0 Å². The summed E-state index contributed by atoms with van der Waals surface area (Å²) in [6.07, 6.45) is 4.55. The maximum atomic E-state index is 5.65. The van der Waals surface area contributed by atoms with Crippen LogP contribution in [0.2, 0.25) is 0 Å². The standard InChI is InChI=1S/C14H23N3O/c1-3-15-14-10-13(6-7-16-14)17(2)8-9-18-11-12-4-5-12/h6-7,10,12H,3-5,8-9,11H2,1-2H3,(H,15,16). The highest BCUT2D eigenvalue weighted by Gasteiger charge is 2.20. The zero-order valence-corrected chi connectivity index (χ0v) is 11.4. The number of hydrogen-bond donors (Lipinski definition) is 1. The predicted molar refractivity (Wildman–Crippen MR) is 75.2 cm³/mol. The first-order valence-corrected chi connectivity index (χ1v) is 6.78. The van der Waals surface area contributed by atoms with E-state index in [1.54, 1.807) is 0 Å². The third kappa shape index (κ3) is 4.18. The molecule has 0 bridgehead atoms. The summed E-state index contributed by atoms with van der Waals surface area (Å²) in [5, 5.41) is 3.22. The van der Waals surface area contributed by atoms with Gasteiger partial charge in [-0.2, -0.15) is 0 Å². The third-order valence-corrected chi connectivity index (χ3v) is 3.16. The summed E-state index contributed by atoms with van der Waals surface area (Å²) >= 11 is 0. The summed E-state index contributed by atoms with van der Waals surface area (Å²) in [7, 11) is 2.09. The van der Waals surface area contributed by atoms with Crippen LogP contribution < -0.4 is 10.2 Å². The number of anilines is 2. The maximum absolute atomic E-state index is 5.65. The highest BCUT2D eigenvalue weighted by Crippen LogP contribution is 2.28. The van der Waals surface area contributed by atoms with Gasteiger partial charge in [-0.25, -0.2) is 4.98 Å². The lowest BCUT2D eigenvalue weighted by molar-refractivity contribution is 0.131. The number of nitrogens with zero attached hydrogens (tertiary/aromatic N) is 2. The molecule has 4 nitrogen and oxygen atoms in total. The van der Waals surface area contributed by atoms with E-state index in [4.69, 9.17) is 4.74 Å². The summed E-state index contributed by atoms with van der Waals surface area (Å²) in [5.74, 6) is 1.78. The molecule has 1 aliphatic rings. The number of ether oxygens (including phenoxy) is 1. The maximum Gasteiger partial charge on any atom is 0.127 e. The molecule has 0 aliphatic heterocycles. The third-order valence-electron chi connectivity index (χ3n) is 3.16. The van der Waals surface area contributed by atoms with Crippen LogP contribution in [0.15, 0.2) is 18.3 Å². The van der Waals surface area contributed by atoms with Gasteiger partial charge in [0.15, 0.2) is 0 Å². The highest BCUT2D eigenvalue weighted by atomic mass is 16.5. The Kier molecular flexibility index (Phi) is 4.81. The second-order valence-electron chi connectivity index (χ2n) is 4.87. The van der Waals surface area contributed by atoms with Crippen molar-refractivity contribution in [3.05, 3.63) is 18.3 Å². The second-order valence-corrected chi connectivity index (χ2v) is 4.87. The van der Waals surface area contributed by atoms with Crippen molar-refractivity contribution in [2.24, 2.45) is 5.92 Å². The van der Waals surface area contributed by atoms with Crippen molar-refractivity contribution >= 4 is 11.5 Å². The van der Waals surface area contributed by atoms with Crippen LogP contribution in [0.4, 0.5) is 11.5 Å². The molecule has 0 spiro atoms. The fraction of sp³-hybridized carbons (Fsp3) is 0.643. The molecule has 1 aliphatic carbocycles. The van der Waals surface area contributed by atoms with Gasteiger partial charge in [0.25, 0.3) is 0 Å². The number of rotatable bonds is 8. The number of aromatic nitrogens is 1. The van der Waals surface area contributed by atoms with E-state index in [1.807, 2.05) is 12.3 Å². The Hall–Kier alpha value is -1.29. The molecule has 1 N–H and O–H groups in total. The quantitative estimate of drug-likeness (QED) is 0.718. The average Bonchev–Trinajstić information content (AvgIpc) is 3.19. The second kappa shape index (κ2) is 6.59. The fourth-order valence-corrected chi connectivity index (χ4v) is 1.80. The Labute approximate surface area is 109 Å². The van der Waals surface area contributed by atoms with Gasteiger partial charge in [0, 0.05) is 44.7 Å². The van der Waals surface area contributed by atoms with Crippen molar-refractivity contribution in [1.82, 2.24) is 4.98 Å². The summed E-state index contributed by atoms with van der Waals surface area (Å²) in [6, 6.07) is 4.10. The van der Waals surface area contributed by atoms with Crippen LogP contribution >= 0.6 is 0 Å². The van der Waals surface area contributed by atoms with E-state index in [0.717, 1.165) is 38.0 Å². The van der Waals surface area contributed by atoms with Gasteiger partial charge in [-0.3, -0.25) is 0 Å². The molecule has 0 unspecified atom stereocenters. The highest BCUT2D eigenvalue weighted by molar-refractivity contribution is 5.53. The zero-order valence-electron chi connectivity index (χ0n) is 11.4. The van der Waals surface area contributed by atoms with Gasteiger partial charge in [0.05, 0.1) is 6.61 Å². The number of pyridine rings is 1. The molecule has 0 aromatic carbocycles. The Morgan fingerprint density at radius 1 is 1.50 bits per heavy atom. The van der Waals surface area contributed by atoms with E-state index in [-0.39, 0.29) is 0 Å². The Morgan fingerprint density at radius 3 is 3.06 bits per heavy atom. The van der Waals surface area contributed by atoms with E-state index in [9.17, 15) is 0 Å². The van der Waals surface area contributed by atoms with Crippen LogP contribution in [0.5, 0.6) is 0 Å². The number of nitrogens with one attached hydrogen (secondary N) is 1. The molecule has 1 fully saturated rings. The lowest BCUT2D eigenvalue weighted by Crippen LogP contribution is -2.23. The minimum absolute atomic E-state index is 0.797. The van der Waals surface area contributed by atoms with Crippen LogP contribution in [0.1, 0.15) is 19.8 Å². The Bertz CT molecular complexity index is 366. The van der Waals surface area contributed by atoms with E-state index in [1.165, 1.54) is 18.5 Å². The molecule has 1 aromatic rings. The zero-order chi connectivity index (χ0) is 12.8. The molecule has 1 aromatic heterocycles. The Morgan fingerprint density at radius 2 is 2.33 bits per heavy atom. The minimum atomic E-state index is 0.797. The molecule has 18 heavy (non-hydrogen) atoms. The minimum Gasteiger partial charge on any atom is -0.379 e. The topological polar surface area (TPSA) is 37.4 Å². The van der Waals surface area contributed by atoms with Crippen molar-refractivity contribution in [1.29, 1.82) is 0 Å². The molecule has 0 atom stereocenters. The van der Waals surface area contributed by atoms with Crippen LogP contribution in [0.25, 0.3) is 0 Å². The first-order valence-electron chi connectivity index (χ1n) is 6.78. The largest absolute Gasteiger partial charge is 0.379 e. The number of hydrogen-bond acceptors (Lipinski definition) is 4. The molecular formula is C14H23N3O. The molecule has 0 saturated heterocycles. The van der Waals surface area contributed by atoms with Gasteiger partial charge >= 0.3 is 0 Å². The summed E-state index contributed by atoms with van der Waals surface area (Å²) in [4.78, 5) is 6.47. The van der Waals surface area contributed by atoms with Gasteiger partial charge in [0.1, 0.15) is 5.82 Å².